The molecule has 0 fully saturated rings. The molecule has 0 bridgehead atoms. The van der Waals surface area contributed by atoms with Crippen molar-refractivity contribution >= 4 is 24.1 Å². The van der Waals surface area contributed by atoms with Crippen molar-refractivity contribution in [2.24, 2.45) is 10.4 Å². The zero-order chi connectivity index (χ0) is 12.2. The maximum Gasteiger partial charge on any atom is 0.224 e. The van der Waals surface area contributed by atoms with Crippen LogP contribution in [0.2, 0.25) is 5.28 Å². The fourth-order valence-electron chi connectivity index (χ4n) is 1.12. The van der Waals surface area contributed by atoms with Gasteiger partial charge in [0.15, 0.2) is 0 Å². The molecule has 88 valence electrons. The van der Waals surface area contributed by atoms with Crippen molar-refractivity contribution in [2.75, 3.05) is 11.9 Å². The number of aliphatic imine (C=N–C) groups is 1. The molecule has 0 amide bonds. The number of hydrogen-bond acceptors (Lipinski definition) is 4. The van der Waals surface area contributed by atoms with Gasteiger partial charge in [-0.1, -0.05) is 20.8 Å². The summed E-state index contributed by atoms with van der Waals surface area (Å²) in [6.45, 7) is 11.2. The van der Waals surface area contributed by atoms with Gasteiger partial charge in [0.2, 0.25) is 5.28 Å². The lowest BCUT2D eigenvalue weighted by Gasteiger charge is -2.20. The molecule has 0 saturated carbocycles. The first-order valence-corrected chi connectivity index (χ1v) is 5.48. The Bertz CT molecular complexity index is 371. The summed E-state index contributed by atoms with van der Waals surface area (Å²) in [5.41, 5.74) is 1.08. The molecule has 0 aliphatic heterocycles. The minimum absolute atomic E-state index is 0.177. The summed E-state index contributed by atoms with van der Waals surface area (Å²) >= 11 is 5.76. The Morgan fingerprint density at radius 3 is 2.75 bits per heavy atom. The predicted octanol–water partition coefficient (Wildman–Crippen LogP) is 2.79. The summed E-state index contributed by atoms with van der Waals surface area (Å²) in [7, 11) is 0. The fraction of sp³-hybridized carbons (Fsp3) is 0.545. The Kier molecular flexibility index (Phi) is 4.24. The highest BCUT2D eigenvalue weighted by molar-refractivity contribution is 6.28. The van der Waals surface area contributed by atoms with Gasteiger partial charge in [0, 0.05) is 18.3 Å². The Morgan fingerprint density at radius 1 is 1.50 bits per heavy atom. The summed E-state index contributed by atoms with van der Waals surface area (Å²) in [6, 6.07) is 0. The molecule has 0 unspecified atom stereocenters. The average molecular weight is 241 g/mol. The predicted molar refractivity (Wildman–Crippen MR) is 68.2 cm³/mol. The van der Waals surface area contributed by atoms with Crippen molar-refractivity contribution in [1.29, 1.82) is 0 Å². The van der Waals surface area contributed by atoms with E-state index in [2.05, 4.69) is 47.8 Å². The maximum absolute atomic E-state index is 5.76. The molecule has 1 N–H and O–H groups in total. The Labute approximate surface area is 101 Å². The monoisotopic (exact) mass is 240 g/mol. The van der Waals surface area contributed by atoms with Gasteiger partial charge < -0.3 is 5.32 Å². The van der Waals surface area contributed by atoms with Gasteiger partial charge in [-0.15, -0.1) is 0 Å². The molecule has 0 radical (unpaired) electrons. The molecule has 0 spiro atoms. The van der Waals surface area contributed by atoms with Crippen molar-refractivity contribution in [1.82, 2.24) is 9.97 Å². The number of halogens is 1. The van der Waals surface area contributed by atoms with Crippen LogP contribution in [0.3, 0.4) is 0 Å². The van der Waals surface area contributed by atoms with Gasteiger partial charge in [0.05, 0.1) is 6.54 Å². The largest absolute Gasteiger partial charge is 0.369 e. The summed E-state index contributed by atoms with van der Waals surface area (Å²) in [5.74, 6) is 0.738. The molecule has 0 aliphatic rings. The summed E-state index contributed by atoms with van der Waals surface area (Å²) in [5, 5.41) is 3.50. The third-order valence-electron chi connectivity index (χ3n) is 1.90. The minimum atomic E-state index is 0.177. The zero-order valence-electron chi connectivity index (χ0n) is 9.92. The van der Waals surface area contributed by atoms with E-state index in [1.165, 1.54) is 0 Å². The van der Waals surface area contributed by atoms with Crippen LogP contribution in [0.15, 0.2) is 11.2 Å². The lowest BCUT2D eigenvalue weighted by Crippen LogP contribution is -2.20. The van der Waals surface area contributed by atoms with Crippen molar-refractivity contribution in [3.63, 3.8) is 0 Å². The third-order valence-corrected chi connectivity index (χ3v) is 2.09. The number of nitrogens with zero attached hydrogens (tertiary/aromatic N) is 3. The van der Waals surface area contributed by atoms with Crippen LogP contribution in [0.25, 0.3) is 0 Å². The number of aromatic nitrogens is 2. The van der Waals surface area contributed by atoms with Crippen molar-refractivity contribution in [3.05, 3.63) is 17.0 Å². The van der Waals surface area contributed by atoms with Gasteiger partial charge in [0.1, 0.15) is 5.82 Å². The van der Waals surface area contributed by atoms with Gasteiger partial charge >= 0.3 is 0 Å². The van der Waals surface area contributed by atoms with Gasteiger partial charge in [-0.3, -0.25) is 4.99 Å². The van der Waals surface area contributed by atoms with Gasteiger partial charge in [-0.05, 0) is 23.7 Å². The summed E-state index contributed by atoms with van der Waals surface area (Å²) in [6.07, 6.45) is 1.68. The molecule has 4 nitrogen and oxygen atoms in total. The van der Waals surface area contributed by atoms with E-state index in [-0.39, 0.29) is 10.7 Å². The van der Waals surface area contributed by atoms with Crippen LogP contribution in [0, 0.1) is 5.41 Å². The first-order valence-electron chi connectivity index (χ1n) is 5.10. The zero-order valence-corrected chi connectivity index (χ0v) is 10.7. The van der Waals surface area contributed by atoms with Crippen LogP contribution in [0.4, 0.5) is 5.82 Å². The first-order chi connectivity index (χ1) is 7.42. The van der Waals surface area contributed by atoms with E-state index < -0.39 is 0 Å². The molecule has 1 aromatic rings. The Hall–Kier alpha value is -1.16. The molecular formula is C11H17ClN4. The SMILES string of the molecule is C=NCc1cnc(Cl)nc1NCC(C)(C)C. The van der Waals surface area contributed by atoms with E-state index >= 15 is 0 Å². The number of rotatable bonds is 4. The van der Waals surface area contributed by atoms with Crippen LogP contribution in [-0.4, -0.2) is 23.2 Å². The van der Waals surface area contributed by atoms with Crippen molar-refractivity contribution in [3.8, 4) is 0 Å². The molecule has 0 aliphatic carbocycles. The first kappa shape index (κ1) is 12.9. The second-order valence-electron chi connectivity index (χ2n) is 4.81. The topological polar surface area (TPSA) is 50.2 Å². The molecule has 0 saturated heterocycles. The van der Waals surface area contributed by atoms with Gasteiger partial charge in [0.25, 0.3) is 0 Å². The minimum Gasteiger partial charge on any atom is -0.369 e. The lowest BCUT2D eigenvalue weighted by atomic mass is 9.97. The van der Waals surface area contributed by atoms with Crippen LogP contribution >= 0.6 is 11.6 Å². The van der Waals surface area contributed by atoms with E-state index in [1.54, 1.807) is 6.20 Å². The second kappa shape index (κ2) is 5.25. The molecule has 1 heterocycles. The Morgan fingerprint density at radius 2 is 2.19 bits per heavy atom. The highest BCUT2D eigenvalue weighted by Gasteiger charge is 2.12. The van der Waals surface area contributed by atoms with Crippen LogP contribution in [0.5, 0.6) is 0 Å². The molecule has 0 aromatic carbocycles. The molecule has 5 heteroatoms. The normalized spacial score (nSPS) is 11.2. The van der Waals surface area contributed by atoms with Crippen LogP contribution in [-0.2, 0) is 6.54 Å². The highest BCUT2D eigenvalue weighted by atomic mass is 35.5. The maximum atomic E-state index is 5.76. The molecular weight excluding hydrogens is 224 g/mol. The van der Waals surface area contributed by atoms with E-state index in [0.717, 1.165) is 17.9 Å². The molecule has 0 atom stereocenters. The Balaban J connectivity index is 2.83. The van der Waals surface area contributed by atoms with E-state index in [0.29, 0.717) is 6.54 Å². The number of nitrogens with one attached hydrogen (secondary N) is 1. The molecule has 1 rings (SSSR count). The number of anilines is 1. The molecule has 16 heavy (non-hydrogen) atoms. The fourth-order valence-corrected chi connectivity index (χ4v) is 1.26. The standard InChI is InChI=1S/C11H17ClN4/c1-11(2,3)7-15-9-8(5-13-4)6-14-10(12)16-9/h6H,4-5,7H2,1-3H3,(H,14,15,16). The van der Waals surface area contributed by atoms with Gasteiger partial charge in [-0.25, -0.2) is 9.97 Å². The molecule has 1 aromatic heterocycles. The lowest BCUT2D eigenvalue weighted by molar-refractivity contribution is 0.442. The average Bonchev–Trinajstić information content (AvgIpc) is 2.17. The van der Waals surface area contributed by atoms with E-state index in [4.69, 9.17) is 11.6 Å². The third kappa shape index (κ3) is 4.14. The highest BCUT2D eigenvalue weighted by Crippen LogP contribution is 2.18. The van der Waals surface area contributed by atoms with E-state index in [1.807, 2.05) is 0 Å². The quantitative estimate of drug-likeness (QED) is 0.650. The van der Waals surface area contributed by atoms with E-state index in [9.17, 15) is 0 Å². The van der Waals surface area contributed by atoms with Crippen LogP contribution < -0.4 is 5.32 Å². The van der Waals surface area contributed by atoms with Crippen molar-refractivity contribution in [2.45, 2.75) is 27.3 Å². The number of hydrogen-bond donors (Lipinski definition) is 1. The van der Waals surface area contributed by atoms with Crippen molar-refractivity contribution < 1.29 is 0 Å². The van der Waals surface area contributed by atoms with Crippen LogP contribution in [0.1, 0.15) is 26.3 Å². The summed E-state index contributed by atoms with van der Waals surface area (Å²) in [4.78, 5) is 11.9. The summed E-state index contributed by atoms with van der Waals surface area (Å²) < 4.78 is 0. The van der Waals surface area contributed by atoms with Gasteiger partial charge in [-0.2, -0.15) is 0 Å². The second-order valence-corrected chi connectivity index (χ2v) is 5.15. The smallest absolute Gasteiger partial charge is 0.224 e.